The van der Waals surface area contributed by atoms with E-state index < -0.39 is 5.97 Å². The molecule has 5 heteroatoms. The van der Waals surface area contributed by atoms with Crippen molar-refractivity contribution in [2.45, 2.75) is 38.4 Å². The molecule has 2 aromatic rings. The van der Waals surface area contributed by atoms with Crippen LogP contribution in [0.1, 0.15) is 40.9 Å². The van der Waals surface area contributed by atoms with E-state index in [0.717, 1.165) is 25.2 Å². The molecule has 0 spiro atoms. The van der Waals surface area contributed by atoms with E-state index in [0.29, 0.717) is 12.6 Å². The number of carbonyl (C=O) groups is 1. The number of nitrogens with zero attached hydrogens (tertiary/aromatic N) is 2. The zero-order valence-corrected chi connectivity index (χ0v) is 14.4. The number of hydrogen-bond donors (Lipinski definition) is 2. The third-order valence-corrected chi connectivity index (χ3v) is 4.75. The lowest BCUT2D eigenvalue weighted by atomic mass is 10.1. The highest BCUT2D eigenvalue weighted by Gasteiger charge is 2.23. The van der Waals surface area contributed by atoms with Gasteiger partial charge in [0.15, 0.2) is 0 Å². The maximum Gasteiger partial charge on any atom is 0.335 e. The Balaban J connectivity index is 1.43. The molecule has 1 fully saturated rings. The van der Waals surface area contributed by atoms with Crippen LogP contribution in [-0.4, -0.2) is 40.1 Å². The smallest absolute Gasteiger partial charge is 0.335 e. The van der Waals surface area contributed by atoms with Crippen LogP contribution in [0.4, 0.5) is 0 Å². The van der Waals surface area contributed by atoms with Gasteiger partial charge in [-0.25, -0.2) is 4.79 Å². The first-order chi connectivity index (χ1) is 12.2. The predicted molar refractivity (Wildman–Crippen MR) is 97.4 cm³/mol. The van der Waals surface area contributed by atoms with Crippen molar-refractivity contribution in [2.24, 2.45) is 0 Å². The summed E-state index contributed by atoms with van der Waals surface area (Å²) < 4.78 is 0. The minimum atomic E-state index is -0.911. The Morgan fingerprint density at radius 1 is 1.28 bits per heavy atom. The minimum absolute atomic E-state index is 0.289. The van der Waals surface area contributed by atoms with Gasteiger partial charge in [0.25, 0.3) is 0 Å². The van der Waals surface area contributed by atoms with Gasteiger partial charge < -0.3 is 10.4 Å². The number of nitrogens with one attached hydrogen (secondary N) is 1. The second-order valence-corrected chi connectivity index (χ2v) is 6.56. The van der Waals surface area contributed by atoms with Crippen LogP contribution in [0.2, 0.25) is 0 Å². The predicted octanol–water partition coefficient (Wildman–Crippen LogP) is 2.92. The summed E-state index contributed by atoms with van der Waals surface area (Å²) in [4.78, 5) is 17.8. The van der Waals surface area contributed by atoms with E-state index in [1.807, 2.05) is 0 Å². The summed E-state index contributed by atoms with van der Waals surface area (Å²) in [5.41, 5.74) is 2.43. The van der Waals surface area contributed by atoms with Crippen molar-refractivity contribution >= 4 is 5.97 Å². The van der Waals surface area contributed by atoms with Crippen molar-refractivity contribution in [1.29, 1.82) is 0 Å². The molecule has 5 nitrogen and oxygen atoms in total. The number of carboxylic acid groups (broad SMARTS) is 1. The molecule has 1 aliphatic heterocycles. The normalized spacial score (nSPS) is 17.7. The number of hydrogen-bond acceptors (Lipinski definition) is 4. The van der Waals surface area contributed by atoms with Crippen LogP contribution in [-0.2, 0) is 13.1 Å². The Kier molecular flexibility index (Phi) is 6.14. The van der Waals surface area contributed by atoms with E-state index >= 15 is 0 Å². The van der Waals surface area contributed by atoms with E-state index in [-0.39, 0.29) is 5.56 Å². The molecule has 25 heavy (non-hydrogen) atoms. The van der Waals surface area contributed by atoms with Crippen molar-refractivity contribution in [3.8, 4) is 0 Å². The van der Waals surface area contributed by atoms with E-state index in [1.54, 1.807) is 12.3 Å². The van der Waals surface area contributed by atoms with Crippen LogP contribution in [0, 0.1) is 0 Å². The number of rotatable bonds is 8. The Bertz CT molecular complexity index is 690. The molecule has 0 radical (unpaired) electrons. The first kappa shape index (κ1) is 17.6. The molecule has 0 bridgehead atoms. The third-order valence-electron chi connectivity index (χ3n) is 4.75. The number of aromatic nitrogens is 1. The molecule has 1 aromatic heterocycles. The first-order valence-electron chi connectivity index (χ1n) is 8.89. The zero-order chi connectivity index (χ0) is 17.5. The molecule has 0 aliphatic carbocycles. The third kappa shape index (κ3) is 5.11. The summed E-state index contributed by atoms with van der Waals surface area (Å²) >= 11 is 0. The van der Waals surface area contributed by atoms with E-state index in [4.69, 9.17) is 5.11 Å². The highest BCUT2D eigenvalue weighted by atomic mass is 16.4. The lowest BCUT2D eigenvalue weighted by Gasteiger charge is -2.24. The molecule has 2 N–H and O–H groups in total. The summed E-state index contributed by atoms with van der Waals surface area (Å²) in [7, 11) is 0. The standard InChI is InChI=1S/C20H25N3O2/c24-20(25)17-8-11-22-18(13-17)14-21-10-9-19-7-4-12-23(19)15-16-5-2-1-3-6-16/h1-3,5-6,8,11,13,19,21H,4,7,9-10,12,14-15H2,(H,24,25)/t19-/m0/s1. The summed E-state index contributed by atoms with van der Waals surface area (Å²) in [6, 6.07) is 14.4. The number of aromatic carboxylic acids is 1. The summed E-state index contributed by atoms with van der Waals surface area (Å²) in [5, 5.41) is 12.4. The van der Waals surface area contributed by atoms with Gasteiger partial charge in [-0.3, -0.25) is 9.88 Å². The largest absolute Gasteiger partial charge is 0.478 e. The van der Waals surface area contributed by atoms with Crippen LogP contribution in [0.5, 0.6) is 0 Å². The van der Waals surface area contributed by atoms with Gasteiger partial charge >= 0.3 is 5.97 Å². The molecule has 132 valence electrons. The monoisotopic (exact) mass is 339 g/mol. The molecular formula is C20H25N3O2. The van der Waals surface area contributed by atoms with Gasteiger partial charge in [0.1, 0.15) is 0 Å². The fourth-order valence-electron chi connectivity index (χ4n) is 3.44. The number of likely N-dealkylation sites (tertiary alicyclic amines) is 1. The molecule has 1 saturated heterocycles. The second-order valence-electron chi connectivity index (χ2n) is 6.56. The average Bonchev–Trinajstić information content (AvgIpc) is 3.07. The summed E-state index contributed by atoms with van der Waals surface area (Å²) in [5.74, 6) is -0.911. The number of benzene rings is 1. The van der Waals surface area contributed by atoms with Crippen molar-refractivity contribution in [3.63, 3.8) is 0 Å². The Hall–Kier alpha value is -2.24. The van der Waals surface area contributed by atoms with Gasteiger partial charge in [-0.1, -0.05) is 30.3 Å². The molecular weight excluding hydrogens is 314 g/mol. The average molecular weight is 339 g/mol. The van der Waals surface area contributed by atoms with Gasteiger partial charge in [0.05, 0.1) is 11.3 Å². The van der Waals surface area contributed by atoms with Crippen LogP contribution in [0.3, 0.4) is 0 Å². The Morgan fingerprint density at radius 2 is 2.12 bits per heavy atom. The quantitative estimate of drug-likeness (QED) is 0.724. The van der Waals surface area contributed by atoms with Gasteiger partial charge in [-0.2, -0.15) is 0 Å². The SMILES string of the molecule is O=C(O)c1ccnc(CNCC[C@@H]2CCCN2Cc2ccccc2)c1. The number of pyridine rings is 1. The minimum Gasteiger partial charge on any atom is -0.478 e. The fourth-order valence-corrected chi connectivity index (χ4v) is 3.44. The maximum atomic E-state index is 11.0. The molecule has 1 aromatic carbocycles. The van der Waals surface area contributed by atoms with Crippen LogP contribution < -0.4 is 5.32 Å². The van der Waals surface area contributed by atoms with Gasteiger partial charge in [0.2, 0.25) is 0 Å². The van der Waals surface area contributed by atoms with Crippen LogP contribution >= 0.6 is 0 Å². The van der Waals surface area contributed by atoms with E-state index in [1.165, 1.54) is 31.0 Å². The lowest BCUT2D eigenvalue weighted by Crippen LogP contribution is -2.32. The van der Waals surface area contributed by atoms with Crippen molar-refractivity contribution < 1.29 is 9.90 Å². The number of carboxylic acids is 1. The highest BCUT2D eigenvalue weighted by Crippen LogP contribution is 2.22. The lowest BCUT2D eigenvalue weighted by molar-refractivity contribution is 0.0696. The van der Waals surface area contributed by atoms with Gasteiger partial charge in [0, 0.05) is 25.3 Å². The first-order valence-corrected chi connectivity index (χ1v) is 8.89. The van der Waals surface area contributed by atoms with Crippen molar-refractivity contribution in [1.82, 2.24) is 15.2 Å². The molecule has 1 atom stereocenters. The summed E-state index contributed by atoms with van der Waals surface area (Å²) in [6.07, 6.45) is 5.17. The van der Waals surface area contributed by atoms with Crippen LogP contribution in [0.15, 0.2) is 48.7 Å². The Labute approximate surface area is 148 Å². The topological polar surface area (TPSA) is 65.5 Å². The van der Waals surface area contributed by atoms with Crippen molar-refractivity contribution in [3.05, 3.63) is 65.5 Å². The van der Waals surface area contributed by atoms with Crippen LogP contribution in [0.25, 0.3) is 0 Å². The molecule has 3 rings (SSSR count). The molecule has 2 heterocycles. The summed E-state index contributed by atoms with van der Waals surface area (Å²) in [6.45, 7) is 3.71. The fraction of sp³-hybridized carbons (Fsp3) is 0.400. The maximum absolute atomic E-state index is 11.0. The Morgan fingerprint density at radius 3 is 2.92 bits per heavy atom. The molecule has 0 saturated carbocycles. The molecule has 0 unspecified atom stereocenters. The zero-order valence-electron chi connectivity index (χ0n) is 14.4. The van der Waals surface area contributed by atoms with E-state index in [2.05, 4.69) is 45.5 Å². The highest BCUT2D eigenvalue weighted by molar-refractivity contribution is 5.87. The second kappa shape index (κ2) is 8.74. The van der Waals surface area contributed by atoms with Crippen molar-refractivity contribution in [2.75, 3.05) is 13.1 Å². The van der Waals surface area contributed by atoms with Gasteiger partial charge in [-0.05, 0) is 50.0 Å². The molecule has 1 aliphatic rings. The van der Waals surface area contributed by atoms with Gasteiger partial charge in [-0.15, -0.1) is 0 Å². The molecule has 0 amide bonds. The van der Waals surface area contributed by atoms with E-state index in [9.17, 15) is 4.79 Å².